The zero-order valence-corrected chi connectivity index (χ0v) is 9.56. The van der Waals surface area contributed by atoms with E-state index in [4.69, 9.17) is 4.74 Å². The molecule has 0 unspecified atom stereocenters. The third kappa shape index (κ3) is 4.03. The molecule has 0 bridgehead atoms. The molecular formula is C11H17NOS. The van der Waals surface area contributed by atoms with Gasteiger partial charge in [-0.15, -0.1) is 11.8 Å². The number of nitrogens with one attached hydrogen (secondary N) is 1. The number of ether oxygens (including phenoxy) is 1. The third-order valence-electron chi connectivity index (χ3n) is 1.87. The van der Waals surface area contributed by atoms with E-state index < -0.39 is 0 Å². The molecule has 78 valence electrons. The Morgan fingerprint density at radius 2 is 2.00 bits per heavy atom. The van der Waals surface area contributed by atoms with Crippen molar-refractivity contribution in [3.8, 4) is 0 Å². The fourth-order valence-electron chi connectivity index (χ4n) is 1.12. The molecule has 0 aliphatic rings. The summed E-state index contributed by atoms with van der Waals surface area (Å²) in [4.78, 5) is 1.29. The van der Waals surface area contributed by atoms with Crippen molar-refractivity contribution in [1.82, 2.24) is 0 Å². The summed E-state index contributed by atoms with van der Waals surface area (Å²) < 4.78 is 5.23. The van der Waals surface area contributed by atoms with Gasteiger partial charge in [-0.05, 0) is 37.4 Å². The second-order valence-electron chi connectivity index (χ2n) is 2.85. The van der Waals surface area contributed by atoms with Gasteiger partial charge in [0.25, 0.3) is 0 Å². The summed E-state index contributed by atoms with van der Waals surface area (Å²) >= 11 is 1.76. The van der Waals surface area contributed by atoms with Crippen LogP contribution in [-0.4, -0.2) is 26.0 Å². The van der Waals surface area contributed by atoms with E-state index in [1.54, 1.807) is 11.8 Å². The second-order valence-corrected chi connectivity index (χ2v) is 3.73. The van der Waals surface area contributed by atoms with Gasteiger partial charge in [-0.3, -0.25) is 0 Å². The Labute approximate surface area is 90.0 Å². The number of hydrogen-bond donors (Lipinski definition) is 1. The normalized spacial score (nSPS) is 10.1. The molecule has 0 saturated carbocycles. The minimum Gasteiger partial charge on any atom is -0.383 e. The van der Waals surface area contributed by atoms with Crippen molar-refractivity contribution in [2.45, 2.75) is 11.8 Å². The van der Waals surface area contributed by atoms with E-state index in [9.17, 15) is 0 Å². The smallest absolute Gasteiger partial charge is 0.0638 e. The lowest BCUT2D eigenvalue weighted by atomic mass is 10.3. The molecule has 0 aromatic heterocycles. The van der Waals surface area contributed by atoms with Crippen molar-refractivity contribution in [3.63, 3.8) is 0 Å². The maximum Gasteiger partial charge on any atom is 0.0638 e. The Kier molecular flexibility index (Phi) is 5.49. The van der Waals surface area contributed by atoms with E-state index in [1.807, 2.05) is 6.92 Å². The van der Waals surface area contributed by atoms with Crippen LogP contribution in [0.15, 0.2) is 29.2 Å². The first-order valence-electron chi connectivity index (χ1n) is 4.82. The quantitative estimate of drug-likeness (QED) is 0.577. The van der Waals surface area contributed by atoms with Gasteiger partial charge in [0.1, 0.15) is 0 Å². The van der Waals surface area contributed by atoms with Gasteiger partial charge < -0.3 is 10.1 Å². The molecule has 3 heteroatoms. The highest BCUT2D eigenvalue weighted by molar-refractivity contribution is 7.98. The lowest BCUT2D eigenvalue weighted by Gasteiger charge is -2.06. The molecule has 0 radical (unpaired) electrons. The maximum absolute atomic E-state index is 5.23. The number of rotatable bonds is 6. The van der Waals surface area contributed by atoms with E-state index >= 15 is 0 Å². The van der Waals surface area contributed by atoms with Gasteiger partial charge in [-0.25, -0.2) is 0 Å². The lowest BCUT2D eigenvalue weighted by molar-refractivity contribution is 0.158. The molecule has 0 heterocycles. The van der Waals surface area contributed by atoms with Crippen molar-refractivity contribution < 1.29 is 4.74 Å². The van der Waals surface area contributed by atoms with Gasteiger partial charge in [-0.1, -0.05) is 0 Å². The van der Waals surface area contributed by atoms with Crippen LogP contribution in [0.1, 0.15) is 6.92 Å². The van der Waals surface area contributed by atoms with Crippen LogP contribution in [0.25, 0.3) is 0 Å². The summed E-state index contributed by atoms with van der Waals surface area (Å²) in [6.07, 6.45) is 2.08. The summed E-state index contributed by atoms with van der Waals surface area (Å²) in [5.41, 5.74) is 1.16. The molecule has 0 saturated heterocycles. The topological polar surface area (TPSA) is 21.3 Å². The molecule has 0 aliphatic heterocycles. The van der Waals surface area contributed by atoms with Crippen molar-refractivity contribution in [2.75, 3.05) is 31.3 Å². The summed E-state index contributed by atoms with van der Waals surface area (Å²) in [7, 11) is 0. The van der Waals surface area contributed by atoms with Crippen LogP contribution < -0.4 is 5.32 Å². The zero-order chi connectivity index (χ0) is 10.2. The second kappa shape index (κ2) is 6.74. The van der Waals surface area contributed by atoms with Crippen molar-refractivity contribution in [2.24, 2.45) is 0 Å². The number of anilines is 1. The Balaban J connectivity index is 2.29. The molecule has 2 nitrogen and oxygen atoms in total. The summed E-state index contributed by atoms with van der Waals surface area (Å²) in [5, 5.41) is 3.30. The van der Waals surface area contributed by atoms with Crippen LogP contribution in [0.2, 0.25) is 0 Å². The Bertz CT molecular complexity index is 248. The average molecular weight is 211 g/mol. The van der Waals surface area contributed by atoms with Crippen molar-refractivity contribution in [1.29, 1.82) is 0 Å². The lowest BCUT2D eigenvalue weighted by Crippen LogP contribution is -2.08. The summed E-state index contributed by atoms with van der Waals surface area (Å²) in [6.45, 7) is 4.42. The van der Waals surface area contributed by atoms with E-state index in [-0.39, 0.29) is 0 Å². The minimum atomic E-state index is 0.765. The van der Waals surface area contributed by atoms with E-state index in [2.05, 4.69) is 35.8 Å². The highest BCUT2D eigenvalue weighted by Crippen LogP contribution is 2.17. The molecule has 1 aromatic rings. The molecular weight excluding hydrogens is 194 g/mol. The SMILES string of the molecule is CCOCCNc1ccc(SC)cc1. The number of hydrogen-bond acceptors (Lipinski definition) is 3. The van der Waals surface area contributed by atoms with Gasteiger partial charge in [0.15, 0.2) is 0 Å². The molecule has 0 atom stereocenters. The molecule has 1 N–H and O–H groups in total. The standard InChI is InChI=1S/C11H17NOS/c1-3-13-9-8-12-10-4-6-11(14-2)7-5-10/h4-7,12H,3,8-9H2,1-2H3. The van der Waals surface area contributed by atoms with Crippen LogP contribution in [0.4, 0.5) is 5.69 Å². The van der Waals surface area contributed by atoms with Crippen LogP contribution in [0.3, 0.4) is 0 Å². The zero-order valence-electron chi connectivity index (χ0n) is 8.75. The van der Waals surface area contributed by atoms with Crippen LogP contribution in [0.5, 0.6) is 0 Å². The van der Waals surface area contributed by atoms with Crippen LogP contribution >= 0.6 is 11.8 Å². The fourth-order valence-corrected chi connectivity index (χ4v) is 1.53. The van der Waals surface area contributed by atoms with Gasteiger partial charge in [0.05, 0.1) is 6.61 Å². The van der Waals surface area contributed by atoms with E-state index in [1.165, 1.54) is 4.90 Å². The molecule has 0 aliphatic carbocycles. The Hall–Kier alpha value is -0.670. The number of benzene rings is 1. The molecule has 1 rings (SSSR count). The molecule has 0 spiro atoms. The Morgan fingerprint density at radius 3 is 2.57 bits per heavy atom. The maximum atomic E-state index is 5.23. The average Bonchev–Trinajstić information content (AvgIpc) is 2.25. The van der Waals surface area contributed by atoms with Crippen LogP contribution in [-0.2, 0) is 4.74 Å². The van der Waals surface area contributed by atoms with Gasteiger partial charge in [0, 0.05) is 23.7 Å². The van der Waals surface area contributed by atoms with Gasteiger partial charge >= 0.3 is 0 Å². The fraction of sp³-hybridized carbons (Fsp3) is 0.455. The monoisotopic (exact) mass is 211 g/mol. The van der Waals surface area contributed by atoms with Gasteiger partial charge in [0.2, 0.25) is 0 Å². The third-order valence-corrected chi connectivity index (χ3v) is 2.61. The largest absolute Gasteiger partial charge is 0.383 e. The first-order chi connectivity index (χ1) is 6.86. The summed E-state index contributed by atoms with van der Waals surface area (Å²) in [6, 6.07) is 8.43. The number of thioether (sulfide) groups is 1. The van der Waals surface area contributed by atoms with Crippen LogP contribution in [0, 0.1) is 0 Å². The molecule has 0 fully saturated rings. The Morgan fingerprint density at radius 1 is 1.29 bits per heavy atom. The van der Waals surface area contributed by atoms with Crippen molar-refractivity contribution >= 4 is 17.4 Å². The van der Waals surface area contributed by atoms with E-state index in [0.29, 0.717) is 0 Å². The van der Waals surface area contributed by atoms with E-state index in [0.717, 1.165) is 25.4 Å². The predicted molar refractivity (Wildman–Crippen MR) is 63.2 cm³/mol. The van der Waals surface area contributed by atoms with Gasteiger partial charge in [-0.2, -0.15) is 0 Å². The molecule has 14 heavy (non-hydrogen) atoms. The molecule has 0 amide bonds. The minimum absolute atomic E-state index is 0.765. The first kappa shape index (κ1) is 11.4. The molecule has 1 aromatic carbocycles. The predicted octanol–water partition coefficient (Wildman–Crippen LogP) is 2.86. The highest BCUT2D eigenvalue weighted by atomic mass is 32.2. The highest BCUT2D eigenvalue weighted by Gasteiger charge is 1.92. The first-order valence-corrected chi connectivity index (χ1v) is 6.05. The summed E-state index contributed by atoms with van der Waals surface area (Å²) in [5.74, 6) is 0. The van der Waals surface area contributed by atoms with Crippen molar-refractivity contribution in [3.05, 3.63) is 24.3 Å².